The second kappa shape index (κ2) is 4.80. The molecule has 0 bridgehead atoms. The van der Waals surface area contributed by atoms with Crippen molar-refractivity contribution in [1.82, 2.24) is 0 Å². The Bertz CT molecular complexity index is 469. The lowest BCUT2D eigenvalue weighted by atomic mass is 9.85. The Morgan fingerprint density at radius 2 is 2.00 bits per heavy atom. The average Bonchev–Trinajstić information content (AvgIpc) is 2.16. The molecule has 1 amide bonds. The standard InChI is InChI=1S/C12H11ClF3NO/c13-9-5-4-8(12(14,15)16)6-10(9)17-11(18)7-2-1-3-7/h4-7H,1-3H2,(H,17,18). The Hall–Kier alpha value is -1.23. The molecule has 6 heteroatoms. The molecule has 1 aromatic carbocycles. The number of halogens is 4. The van der Waals surface area contributed by atoms with Gasteiger partial charge in [0.1, 0.15) is 0 Å². The van der Waals surface area contributed by atoms with Crippen molar-refractivity contribution in [3.05, 3.63) is 28.8 Å². The minimum atomic E-state index is -4.44. The fraction of sp³-hybridized carbons (Fsp3) is 0.417. The third-order valence-corrected chi connectivity index (χ3v) is 3.36. The first-order valence-electron chi connectivity index (χ1n) is 5.55. The van der Waals surface area contributed by atoms with E-state index in [0.717, 1.165) is 37.5 Å². The zero-order valence-corrected chi connectivity index (χ0v) is 10.1. The fourth-order valence-corrected chi connectivity index (χ4v) is 1.87. The lowest BCUT2D eigenvalue weighted by molar-refractivity contribution is -0.137. The van der Waals surface area contributed by atoms with Gasteiger partial charge in [-0.25, -0.2) is 0 Å². The summed E-state index contributed by atoms with van der Waals surface area (Å²) in [6.45, 7) is 0. The molecule has 1 N–H and O–H groups in total. The molecular formula is C12H11ClF3NO. The lowest BCUT2D eigenvalue weighted by Gasteiger charge is -2.24. The Balaban J connectivity index is 2.18. The van der Waals surface area contributed by atoms with E-state index < -0.39 is 11.7 Å². The van der Waals surface area contributed by atoms with Crippen LogP contribution in [0.3, 0.4) is 0 Å². The Morgan fingerprint density at radius 3 is 2.50 bits per heavy atom. The van der Waals surface area contributed by atoms with Gasteiger partial charge >= 0.3 is 6.18 Å². The number of anilines is 1. The van der Waals surface area contributed by atoms with Crippen LogP contribution in [0.5, 0.6) is 0 Å². The van der Waals surface area contributed by atoms with Crippen molar-refractivity contribution in [2.24, 2.45) is 5.92 Å². The number of amides is 1. The molecule has 1 saturated carbocycles. The van der Waals surface area contributed by atoms with E-state index in [4.69, 9.17) is 11.6 Å². The molecule has 1 fully saturated rings. The van der Waals surface area contributed by atoms with E-state index in [1.807, 2.05) is 0 Å². The van der Waals surface area contributed by atoms with Gasteiger partial charge in [0.2, 0.25) is 5.91 Å². The van der Waals surface area contributed by atoms with Crippen LogP contribution in [-0.2, 0) is 11.0 Å². The molecule has 18 heavy (non-hydrogen) atoms. The zero-order chi connectivity index (χ0) is 13.3. The summed E-state index contributed by atoms with van der Waals surface area (Å²) in [7, 11) is 0. The maximum Gasteiger partial charge on any atom is 0.416 e. The molecule has 0 aliphatic heterocycles. The van der Waals surface area contributed by atoms with E-state index in [1.165, 1.54) is 0 Å². The molecule has 0 atom stereocenters. The van der Waals surface area contributed by atoms with Crippen LogP contribution >= 0.6 is 11.6 Å². The van der Waals surface area contributed by atoms with E-state index in [2.05, 4.69) is 5.32 Å². The number of hydrogen-bond donors (Lipinski definition) is 1. The molecule has 0 spiro atoms. The van der Waals surface area contributed by atoms with E-state index in [0.29, 0.717) is 0 Å². The van der Waals surface area contributed by atoms with Crippen molar-refractivity contribution in [1.29, 1.82) is 0 Å². The van der Waals surface area contributed by atoms with Crippen LogP contribution in [0.25, 0.3) is 0 Å². The summed E-state index contributed by atoms with van der Waals surface area (Å²) < 4.78 is 37.6. The number of carbonyl (C=O) groups excluding carboxylic acids is 1. The average molecular weight is 278 g/mol. The zero-order valence-electron chi connectivity index (χ0n) is 9.35. The maximum absolute atomic E-state index is 12.5. The van der Waals surface area contributed by atoms with E-state index in [9.17, 15) is 18.0 Å². The monoisotopic (exact) mass is 277 g/mol. The Morgan fingerprint density at radius 1 is 1.33 bits per heavy atom. The first-order valence-corrected chi connectivity index (χ1v) is 5.93. The smallest absolute Gasteiger partial charge is 0.325 e. The van der Waals surface area contributed by atoms with Crippen LogP contribution in [0.2, 0.25) is 5.02 Å². The van der Waals surface area contributed by atoms with Gasteiger partial charge in [-0.15, -0.1) is 0 Å². The number of alkyl halides is 3. The van der Waals surface area contributed by atoms with Crippen LogP contribution < -0.4 is 5.32 Å². The van der Waals surface area contributed by atoms with Gasteiger partial charge in [-0.3, -0.25) is 4.79 Å². The summed E-state index contributed by atoms with van der Waals surface area (Å²) in [5.41, 5.74) is -0.806. The largest absolute Gasteiger partial charge is 0.416 e. The Kier molecular flexibility index (Phi) is 3.52. The summed E-state index contributed by atoms with van der Waals surface area (Å²) in [6.07, 6.45) is -1.90. The van der Waals surface area contributed by atoms with Crippen molar-refractivity contribution >= 4 is 23.2 Å². The van der Waals surface area contributed by atoms with Crippen molar-refractivity contribution in [2.45, 2.75) is 25.4 Å². The van der Waals surface area contributed by atoms with Crippen LogP contribution in [0, 0.1) is 5.92 Å². The molecule has 2 nitrogen and oxygen atoms in total. The van der Waals surface area contributed by atoms with Gasteiger partial charge in [0.05, 0.1) is 16.3 Å². The van der Waals surface area contributed by atoms with Crippen molar-refractivity contribution in [2.75, 3.05) is 5.32 Å². The second-order valence-corrected chi connectivity index (χ2v) is 4.72. The fourth-order valence-electron chi connectivity index (χ4n) is 1.70. The maximum atomic E-state index is 12.5. The molecule has 1 aliphatic rings. The van der Waals surface area contributed by atoms with Gasteiger partial charge in [-0.05, 0) is 31.0 Å². The van der Waals surface area contributed by atoms with Crippen LogP contribution in [0.15, 0.2) is 18.2 Å². The van der Waals surface area contributed by atoms with Crippen molar-refractivity contribution in [3.63, 3.8) is 0 Å². The van der Waals surface area contributed by atoms with Crippen LogP contribution in [0.4, 0.5) is 18.9 Å². The third kappa shape index (κ3) is 2.77. The second-order valence-electron chi connectivity index (χ2n) is 4.31. The molecule has 0 aromatic heterocycles. The van der Waals surface area contributed by atoms with Gasteiger partial charge in [0, 0.05) is 5.92 Å². The minimum absolute atomic E-state index is 0.0170. The molecule has 1 aromatic rings. The number of hydrogen-bond acceptors (Lipinski definition) is 1. The number of carbonyl (C=O) groups is 1. The van der Waals surface area contributed by atoms with Crippen LogP contribution in [-0.4, -0.2) is 5.91 Å². The molecule has 0 heterocycles. The highest BCUT2D eigenvalue weighted by atomic mass is 35.5. The molecule has 1 aliphatic carbocycles. The molecule has 0 unspecified atom stereocenters. The molecule has 0 saturated heterocycles. The van der Waals surface area contributed by atoms with Gasteiger partial charge in [-0.2, -0.15) is 13.2 Å². The molecular weight excluding hydrogens is 267 g/mol. The molecule has 2 rings (SSSR count). The highest BCUT2D eigenvalue weighted by Crippen LogP contribution is 2.35. The van der Waals surface area contributed by atoms with Crippen molar-refractivity contribution < 1.29 is 18.0 Å². The van der Waals surface area contributed by atoms with Gasteiger partial charge in [0.15, 0.2) is 0 Å². The highest BCUT2D eigenvalue weighted by molar-refractivity contribution is 6.33. The SMILES string of the molecule is O=C(Nc1cc(C(F)(F)F)ccc1Cl)C1CCC1. The van der Waals surface area contributed by atoms with Gasteiger partial charge in [-0.1, -0.05) is 18.0 Å². The van der Waals surface area contributed by atoms with E-state index in [1.54, 1.807) is 0 Å². The summed E-state index contributed by atoms with van der Waals surface area (Å²) in [6, 6.07) is 2.89. The van der Waals surface area contributed by atoms with Crippen LogP contribution in [0.1, 0.15) is 24.8 Å². The number of rotatable bonds is 2. The molecule has 98 valence electrons. The Labute approximate surface area is 107 Å². The summed E-state index contributed by atoms with van der Waals surface area (Å²) in [5.74, 6) is -0.363. The van der Waals surface area contributed by atoms with Gasteiger partial charge < -0.3 is 5.32 Å². The van der Waals surface area contributed by atoms with Gasteiger partial charge in [0.25, 0.3) is 0 Å². The lowest BCUT2D eigenvalue weighted by Crippen LogP contribution is -2.28. The van der Waals surface area contributed by atoms with E-state index in [-0.39, 0.29) is 22.5 Å². The quantitative estimate of drug-likeness (QED) is 0.866. The number of benzene rings is 1. The highest BCUT2D eigenvalue weighted by Gasteiger charge is 2.31. The molecule has 0 radical (unpaired) electrons. The number of nitrogens with one attached hydrogen (secondary N) is 1. The topological polar surface area (TPSA) is 29.1 Å². The first-order chi connectivity index (χ1) is 8.38. The predicted molar refractivity (Wildman–Crippen MR) is 62.4 cm³/mol. The summed E-state index contributed by atoms with van der Waals surface area (Å²) >= 11 is 5.77. The normalized spacial score (nSPS) is 16.2. The predicted octanol–water partition coefficient (Wildman–Crippen LogP) is 4.10. The minimum Gasteiger partial charge on any atom is -0.325 e. The third-order valence-electron chi connectivity index (χ3n) is 3.03. The first kappa shape index (κ1) is 13.2. The summed E-state index contributed by atoms with van der Waals surface area (Å²) in [4.78, 5) is 11.7. The van der Waals surface area contributed by atoms with E-state index >= 15 is 0 Å². The summed E-state index contributed by atoms with van der Waals surface area (Å²) in [5, 5.41) is 2.56. The van der Waals surface area contributed by atoms with Crippen molar-refractivity contribution in [3.8, 4) is 0 Å².